The zero-order valence-corrected chi connectivity index (χ0v) is 17.7. The van der Waals surface area contributed by atoms with Gasteiger partial charge in [-0.1, -0.05) is 12.1 Å². The van der Waals surface area contributed by atoms with Crippen LogP contribution in [0.2, 0.25) is 0 Å². The van der Waals surface area contributed by atoms with Gasteiger partial charge >= 0.3 is 5.97 Å². The second-order valence-electron chi connectivity index (χ2n) is 7.23. The minimum atomic E-state index is -0.475. The second-order valence-corrected chi connectivity index (χ2v) is 7.23. The smallest absolute Gasteiger partial charge is 0.337 e. The molecule has 10 heteroatoms. The van der Waals surface area contributed by atoms with Crippen LogP contribution in [0.5, 0.6) is 0 Å². The van der Waals surface area contributed by atoms with Gasteiger partial charge in [0, 0.05) is 12.1 Å². The zero-order valence-electron chi connectivity index (χ0n) is 17.7. The Labute approximate surface area is 187 Å². The van der Waals surface area contributed by atoms with Crippen molar-refractivity contribution in [3.63, 3.8) is 0 Å². The van der Waals surface area contributed by atoms with Crippen LogP contribution >= 0.6 is 0 Å². The van der Waals surface area contributed by atoms with Crippen LogP contribution < -0.4 is 10.9 Å². The molecule has 0 atom stereocenters. The predicted octanol–water partition coefficient (Wildman–Crippen LogP) is 2.00. The Morgan fingerprint density at radius 1 is 1.06 bits per heavy atom. The third-order valence-electron chi connectivity index (χ3n) is 5.07. The normalized spacial score (nSPS) is 10.8. The highest BCUT2D eigenvalue weighted by molar-refractivity contribution is 5.96. The second kappa shape index (κ2) is 9.43. The molecule has 9 nitrogen and oxygen atoms in total. The molecule has 0 spiro atoms. The van der Waals surface area contributed by atoms with E-state index in [2.05, 4.69) is 20.1 Å². The molecule has 0 bridgehead atoms. The Kier molecular flexibility index (Phi) is 6.25. The summed E-state index contributed by atoms with van der Waals surface area (Å²) >= 11 is 0. The highest BCUT2D eigenvalue weighted by atomic mass is 19.1. The molecule has 0 saturated carbocycles. The number of benzene rings is 2. The molecule has 0 unspecified atom stereocenters. The summed E-state index contributed by atoms with van der Waals surface area (Å²) in [7, 11) is 1.29. The molecule has 1 N–H and O–H groups in total. The molecule has 0 saturated heterocycles. The summed E-state index contributed by atoms with van der Waals surface area (Å²) in [5.74, 6) is -1.12. The standard InChI is InChI=1S/C23H20FN5O4/c1-33-23(32)17-6-4-16(5-7-17)21(30)25-10-11-29-20-19(12-27-29)22(31)28(14-26-20)13-15-2-8-18(24)9-3-15/h2-9,12,14H,10-11,13H2,1H3,(H,25,30). The van der Waals surface area contributed by atoms with Crippen LogP contribution in [-0.2, 0) is 17.8 Å². The van der Waals surface area contributed by atoms with Crippen molar-refractivity contribution in [3.05, 3.63) is 93.9 Å². The molecule has 2 heterocycles. The van der Waals surface area contributed by atoms with E-state index in [1.165, 1.54) is 60.6 Å². The van der Waals surface area contributed by atoms with Crippen molar-refractivity contribution < 1.29 is 18.7 Å². The maximum absolute atomic E-state index is 13.1. The fourth-order valence-corrected chi connectivity index (χ4v) is 3.31. The van der Waals surface area contributed by atoms with Crippen LogP contribution in [0.15, 0.2) is 65.8 Å². The van der Waals surface area contributed by atoms with Gasteiger partial charge in [-0.3, -0.25) is 14.2 Å². The number of amides is 1. The first-order valence-corrected chi connectivity index (χ1v) is 10.1. The van der Waals surface area contributed by atoms with Crippen molar-refractivity contribution in [2.75, 3.05) is 13.7 Å². The molecule has 0 aliphatic heterocycles. The zero-order chi connectivity index (χ0) is 23.4. The number of hydrogen-bond acceptors (Lipinski definition) is 6. The first kappa shape index (κ1) is 21.9. The lowest BCUT2D eigenvalue weighted by Crippen LogP contribution is -2.28. The number of hydrogen-bond donors (Lipinski definition) is 1. The number of carbonyl (C=O) groups is 2. The SMILES string of the molecule is COC(=O)c1ccc(C(=O)NCCn2ncc3c(=O)n(Cc4ccc(F)cc4)cnc32)cc1. The number of esters is 1. The summed E-state index contributed by atoms with van der Waals surface area (Å²) in [6, 6.07) is 12.0. The van der Waals surface area contributed by atoms with Crippen molar-refractivity contribution in [2.24, 2.45) is 0 Å². The van der Waals surface area contributed by atoms with Gasteiger partial charge < -0.3 is 10.1 Å². The van der Waals surface area contributed by atoms with Crippen molar-refractivity contribution in [2.45, 2.75) is 13.1 Å². The van der Waals surface area contributed by atoms with Crippen molar-refractivity contribution in [3.8, 4) is 0 Å². The average Bonchev–Trinajstić information content (AvgIpc) is 3.25. The molecule has 1 amide bonds. The van der Waals surface area contributed by atoms with Crippen molar-refractivity contribution >= 4 is 22.9 Å². The van der Waals surface area contributed by atoms with E-state index in [9.17, 15) is 18.8 Å². The number of rotatable bonds is 7. The summed E-state index contributed by atoms with van der Waals surface area (Å²) in [6.07, 6.45) is 2.87. The topological polar surface area (TPSA) is 108 Å². The fraction of sp³-hybridized carbons (Fsp3) is 0.174. The molecule has 0 aliphatic carbocycles. The Morgan fingerprint density at radius 3 is 2.45 bits per heavy atom. The summed E-state index contributed by atoms with van der Waals surface area (Å²) in [5.41, 5.74) is 1.68. The number of fused-ring (bicyclic) bond motifs is 1. The first-order chi connectivity index (χ1) is 16.0. The number of halogens is 1. The molecule has 0 aliphatic rings. The van der Waals surface area contributed by atoms with Gasteiger partial charge in [-0.05, 0) is 42.0 Å². The van der Waals surface area contributed by atoms with E-state index in [4.69, 9.17) is 0 Å². The quantitative estimate of drug-likeness (QED) is 0.433. The van der Waals surface area contributed by atoms with Crippen molar-refractivity contribution in [1.82, 2.24) is 24.6 Å². The maximum atomic E-state index is 13.1. The largest absolute Gasteiger partial charge is 0.465 e. The van der Waals surface area contributed by atoms with Crippen LogP contribution in [-0.4, -0.2) is 44.9 Å². The lowest BCUT2D eigenvalue weighted by atomic mass is 10.1. The molecule has 33 heavy (non-hydrogen) atoms. The minimum absolute atomic E-state index is 0.259. The van der Waals surface area contributed by atoms with Gasteiger partial charge in [-0.15, -0.1) is 0 Å². The van der Waals surface area contributed by atoms with E-state index in [1.807, 2.05) is 0 Å². The predicted molar refractivity (Wildman–Crippen MR) is 117 cm³/mol. The first-order valence-electron chi connectivity index (χ1n) is 10.1. The molecular weight excluding hydrogens is 429 g/mol. The lowest BCUT2D eigenvalue weighted by molar-refractivity contribution is 0.0600. The number of aromatic nitrogens is 4. The summed E-state index contributed by atoms with van der Waals surface area (Å²) in [4.78, 5) is 40.9. The average molecular weight is 449 g/mol. The Hall–Kier alpha value is -4.34. The van der Waals surface area contributed by atoms with Crippen LogP contribution in [0, 0.1) is 5.82 Å². The molecule has 2 aromatic heterocycles. The van der Waals surface area contributed by atoms with Gasteiger partial charge in [-0.25, -0.2) is 18.9 Å². The van der Waals surface area contributed by atoms with Gasteiger partial charge in [0.15, 0.2) is 5.65 Å². The van der Waals surface area contributed by atoms with Gasteiger partial charge in [-0.2, -0.15) is 5.10 Å². The third kappa shape index (κ3) is 4.79. The fourth-order valence-electron chi connectivity index (χ4n) is 3.31. The Bertz CT molecular complexity index is 1360. The number of methoxy groups -OCH3 is 1. The van der Waals surface area contributed by atoms with Crippen LogP contribution in [0.3, 0.4) is 0 Å². The van der Waals surface area contributed by atoms with E-state index in [1.54, 1.807) is 16.8 Å². The van der Waals surface area contributed by atoms with E-state index >= 15 is 0 Å². The van der Waals surface area contributed by atoms with Crippen LogP contribution in [0.1, 0.15) is 26.3 Å². The van der Waals surface area contributed by atoms with Crippen molar-refractivity contribution in [1.29, 1.82) is 0 Å². The summed E-state index contributed by atoms with van der Waals surface area (Å²) < 4.78 is 20.7. The molecule has 0 fully saturated rings. The molecule has 0 radical (unpaired) electrons. The van der Waals surface area contributed by atoms with E-state index in [0.717, 1.165) is 5.56 Å². The van der Waals surface area contributed by atoms with E-state index in [0.29, 0.717) is 28.7 Å². The third-order valence-corrected chi connectivity index (χ3v) is 5.07. The highest BCUT2D eigenvalue weighted by Crippen LogP contribution is 2.09. The molecule has 4 aromatic rings. The monoisotopic (exact) mass is 449 g/mol. The lowest BCUT2D eigenvalue weighted by Gasteiger charge is -2.08. The number of nitrogens with zero attached hydrogens (tertiary/aromatic N) is 4. The minimum Gasteiger partial charge on any atom is -0.465 e. The summed E-state index contributed by atoms with van der Waals surface area (Å²) in [5, 5.41) is 7.34. The van der Waals surface area contributed by atoms with Gasteiger partial charge in [0.2, 0.25) is 0 Å². The van der Waals surface area contributed by atoms with Gasteiger partial charge in [0.05, 0.1) is 32.0 Å². The number of ether oxygens (including phenoxy) is 1. The molecule has 2 aromatic carbocycles. The molecule has 4 rings (SSSR count). The van der Waals surface area contributed by atoms with Crippen LogP contribution in [0.4, 0.5) is 4.39 Å². The van der Waals surface area contributed by atoms with Gasteiger partial charge in [0.1, 0.15) is 17.5 Å². The summed E-state index contributed by atoms with van der Waals surface area (Å²) in [6.45, 7) is 0.830. The number of nitrogens with one attached hydrogen (secondary N) is 1. The van der Waals surface area contributed by atoms with Gasteiger partial charge in [0.25, 0.3) is 11.5 Å². The number of carbonyl (C=O) groups excluding carboxylic acids is 2. The Morgan fingerprint density at radius 2 is 1.76 bits per heavy atom. The van der Waals surface area contributed by atoms with E-state index < -0.39 is 5.97 Å². The maximum Gasteiger partial charge on any atom is 0.337 e. The van der Waals surface area contributed by atoms with Crippen LogP contribution in [0.25, 0.3) is 11.0 Å². The molecule has 168 valence electrons. The van der Waals surface area contributed by atoms with E-state index in [-0.39, 0.29) is 30.4 Å². The molecular formula is C23H20FN5O4. The highest BCUT2D eigenvalue weighted by Gasteiger charge is 2.12. The Balaban J connectivity index is 1.40.